The zero-order chi connectivity index (χ0) is 16.1. The lowest BCUT2D eigenvalue weighted by molar-refractivity contribution is -0.136. The fourth-order valence-corrected chi connectivity index (χ4v) is 2.71. The van der Waals surface area contributed by atoms with Gasteiger partial charge in [0, 0.05) is 12.7 Å². The van der Waals surface area contributed by atoms with E-state index in [1.165, 1.54) is 0 Å². The smallest absolute Gasteiger partial charge is 0.316 e. The average molecular weight is 322 g/mol. The molecule has 0 saturated heterocycles. The number of carboxylic acids is 1. The number of imidazole rings is 1. The number of benzene rings is 1. The molecule has 0 aliphatic rings. The summed E-state index contributed by atoms with van der Waals surface area (Å²) in [4.78, 5) is 15.3. The van der Waals surface area contributed by atoms with Gasteiger partial charge in [0.2, 0.25) is 0 Å². The number of rotatable bonds is 7. The van der Waals surface area contributed by atoms with Gasteiger partial charge < -0.3 is 19.5 Å². The maximum absolute atomic E-state index is 11.0. The van der Waals surface area contributed by atoms with Crippen molar-refractivity contribution in [1.82, 2.24) is 9.55 Å². The highest BCUT2D eigenvalue weighted by Crippen LogP contribution is 2.24. The van der Waals surface area contributed by atoms with Crippen LogP contribution in [-0.2, 0) is 17.9 Å². The molecule has 1 heterocycles. The summed E-state index contributed by atoms with van der Waals surface area (Å²) in [6.07, 6.45) is 1.74. The van der Waals surface area contributed by atoms with Crippen LogP contribution >= 0.6 is 11.8 Å². The van der Waals surface area contributed by atoms with E-state index in [0.717, 1.165) is 23.1 Å². The molecule has 1 aromatic heterocycles. The van der Waals surface area contributed by atoms with E-state index in [4.69, 9.17) is 9.84 Å². The molecule has 0 spiro atoms. The third kappa shape index (κ3) is 4.02. The molecule has 2 N–H and O–H groups in total. The summed E-state index contributed by atoms with van der Waals surface area (Å²) < 4.78 is 6.97. The van der Waals surface area contributed by atoms with Crippen molar-refractivity contribution in [1.29, 1.82) is 0 Å². The number of aromatic nitrogens is 2. The molecular formula is C15H18N2O4S. The average Bonchev–Trinajstić information content (AvgIpc) is 2.90. The molecule has 0 saturated carbocycles. The summed E-state index contributed by atoms with van der Waals surface area (Å²) in [6, 6.07) is 7.61. The van der Waals surface area contributed by atoms with E-state index < -0.39 is 11.2 Å². The van der Waals surface area contributed by atoms with Crippen LogP contribution in [0.3, 0.4) is 0 Å². The number of methoxy groups -OCH3 is 1. The van der Waals surface area contributed by atoms with Gasteiger partial charge >= 0.3 is 5.97 Å². The van der Waals surface area contributed by atoms with Crippen LogP contribution in [0.15, 0.2) is 35.6 Å². The van der Waals surface area contributed by atoms with Crippen molar-refractivity contribution in [2.45, 2.75) is 30.5 Å². The Bertz CT molecular complexity index is 639. The maximum Gasteiger partial charge on any atom is 0.316 e. The highest BCUT2D eigenvalue weighted by molar-refractivity contribution is 8.00. The number of carbonyl (C=O) groups is 1. The SMILES string of the molecule is COc1ccc(Cn2cc(CO)nc2SC(C)C(=O)O)cc1. The second-order valence-electron chi connectivity index (χ2n) is 4.75. The number of ether oxygens (including phenoxy) is 1. The van der Waals surface area contributed by atoms with Gasteiger partial charge in [-0.3, -0.25) is 4.79 Å². The van der Waals surface area contributed by atoms with Gasteiger partial charge in [-0.1, -0.05) is 23.9 Å². The van der Waals surface area contributed by atoms with Crippen LogP contribution in [-0.4, -0.2) is 38.1 Å². The van der Waals surface area contributed by atoms with E-state index in [2.05, 4.69) is 4.98 Å². The third-order valence-corrected chi connectivity index (χ3v) is 4.19. The number of hydrogen-bond acceptors (Lipinski definition) is 5. The van der Waals surface area contributed by atoms with Gasteiger partial charge in [0.1, 0.15) is 11.0 Å². The van der Waals surface area contributed by atoms with E-state index in [1.54, 1.807) is 20.2 Å². The Balaban J connectivity index is 2.20. The van der Waals surface area contributed by atoms with E-state index in [1.807, 2.05) is 28.8 Å². The number of aliphatic hydroxyl groups excluding tert-OH is 1. The van der Waals surface area contributed by atoms with E-state index >= 15 is 0 Å². The fraction of sp³-hybridized carbons (Fsp3) is 0.333. The van der Waals surface area contributed by atoms with Crippen LogP contribution in [0.4, 0.5) is 0 Å². The van der Waals surface area contributed by atoms with Crippen LogP contribution in [0.1, 0.15) is 18.2 Å². The summed E-state index contributed by atoms with van der Waals surface area (Å²) >= 11 is 1.16. The van der Waals surface area contributed by atoms with Crippen molar-refractivity contribution in [2.75, 3.05) is 7.11 Å². The standard InChI is InChI=1S/C15H18N2O4S/c1-10(14(19)20)22-15-16-12(9-18)8-17(15)7-11-3-5-13(21-2)6-4-11/h3-6,8,10,18H,7,9H2,1-2H3,(H,19,20). The Hall–Kier alpha value is -1.99. The first kappa shape index (κ1) is 16.4. The van der Waals surface area contributed by atoms with Crippen molar-refractivity contribution in [3.63, 3.8) is 0 Å². The van der Waals surface area contributed by atoms with Crippen molar-refractivity contribution < 1.29 is 19.7 Å². The van der Waals surface area contributed by atoms with Crippen LogP contribution in [0, 0.1) is 0 Å². The molecule has 1 atom stereocenters. The van der Waals surface area contributed by atoms with Gasteiger partial charge in [-0.05, 0) is 24.6 Å². The number of aliphatic carboxylic acids is 1. The Morgan fingerprint density at radius 1 is 1.41 bits per heavy atom. The zero-order valence-electron chi connectivity index (χ0n) is 12.4. The molecule has 1 unspecified atom stereocenters. The van der Waals surface area contributed by atoms with Crippen LogP contribution in [0.2, 0.25) is 0 Å². The zero-order valence-corrected chi connectivity index (χ0v) is 13.2. The van der Waals surface area contributed by atoms with Gasteiger partial charge in [-0.2, -0.15) is 0 Å². The summed E-state index contributed by atoms with van der Waals surface area (Å²) in [5.41, 5.74) is 1.56. The van der Waals surface area contributed by atoms with Gasteiger partial charge in [-0.25, -0.2) is 4.98 Å². The molecule has 6 nitrogen and oxygen atoms in total. The maximum atomic E-state index is 11.0. The number of aliphatic hydroxyl groups is 1. The first-order valence-corrected chi connectivity index (χ1v) is 7.60. The Kier molecular flexibility index (Phi) is 5.46. The molecule has 2 aromatic rings. The minimum atomic E-state index is -0.894. The minimum absolute atomic E-state index is 0.176. The van der Waals surface area contributed by atoms with Gasteiger partial charge in [0.15, 0.2) is 5.16 Å². The number of hydrogen-bond donors (Lipinski definition) is 2. The number of nitrogens with zero attached hydrogens (tertiary/aromatic N) is 2. The quantitative estimate of drug-likeness (QED) is 0.759. The third-order valence-electron chi connectivity index (χ3n) is 3.09. The highest BCUT2D eigenvalue weighted by atomic mass is 32.2. The topological polar surface area (TPSA) is 84.6 Å². The summed E-state index contributed by atoms with van der Waals surface area (Å²) in [5, 5.41) is 18.2. The normalized spacial score (nSPS) is 12.1. The summed E-state index contributed by atoms with van der Waals surface area (Å²) in [5.74, 6) is -0.117. The van der Waals surface area contributed by atoms with Crippen molar-refractivity contribution >= 4 is 17.7 Å². The largest absolute Gasteiger partial charge is 0.497 e. The fourth-order valence-electron chi connectivity index (χ4n) is 1.87. The van der Waals surface area contributed by atoms with Crippen molar-refractivity contribution in [2.24, 2.45) is 0 Å². The van der Waals surface area contributed by atoms with Gasteiger partial charge in [-0.15, -0.1) is 0 Å². The predicted molar refractivity (Wildman–Crippen MR) is 83.2 cm³/mol. The number of thioether (sulfide) groups is 1. The molecule has 0 aliphatic carbocycles. The molecule has 0 amide bonds. The van der Waals surface area contributed by atoms with E-state index in [-0.39, 0.29) is 6.61 Å². The van der Waals surface area contributed by atoms with Gasteiger partial charge in [0.25, 0.3) is 0 Å². The summed E-state index contributed by atoms with van der Waals surface area (Å²) in [7, 11) is 1.61. The second kappa shape index (κ2) is 7.33. The van der Waals surface area contributed by atoms with Crippen molar-refractivity contribution in [3.05, 3.63) is 41.7 Å². The first-order valence-electron chi connectivity index (χ1n) is 6.72. The molecule has 118 valence electrons. The lowest BCUT2D eigenvalue weighted by atomic mass is 10.2. The first-order chi connectivity index (χ1) is 10.5. The molecule has 0 bridgehead atoms. The molecule has 1 aromatic carbocycles. The Labute approximate surface area is 132 Å². The lowest BCUT2D eigenvalue weighted by Crippen LogP contribution is -2.13. The molecule has 0 radical (unpaired) electrons. The molecule has 22 heavy (non-hydrogen) atoms. The lowest BCUT2D eigenvalue weighted by Gasteiger charge is -2.10. The van der Waals surface area contributed by atoms with Crippen LogP contribution < -0.4 is 4.74 Å². The Morgan fingerprint density at radius 3 is 2.64 bits per heavy atom. The van der Waals surface area contributed by atoms with E-state index in [9.17, 15) is 9.90 Å². The van der Waals surface area contributed by atoms with Gasteiger partial charge in [0.05, 0.1) is 19.4 Å². The Morgan fingerprint density at radius 2 is 2.09 bits per heavy atom. The number of carboxylic acid groups (broad SMARTS) is 1. The van der Waals surface area contributed by atoms with E-state index in [0.29, 0.717) is 17.4 Å². The minimum Gasteiger partial charge on any atom is -0.497 e. The van der Waals surface area contributed by atoms with Crippen LogP contribution in [0.25, 0.3) is 0 Å². The van der Waals surface area contributed by atoms with Crippen molar-refractivity contribution in [3.8, 4) is 5.75 Å². The molecular weight excluding hydrogens is 304 g/mol. The predicted octanol–water partition coefficient (Wildman–Crippen LogP) is 2.00. The molecule has 7 heteroatoms. The molecule has 0 aliphatic heterocycles. The monoisotopic (exact) mass is 322 g/mol. The summed E-state index contributed by atoms with van der Waals surface area (Å²) in [6.45, 7) is 1.98. The highest BCUT2D eigenvalue weighted by Gasteiger charge is 2.17. The van der Waals surface area contributed by atoms with Crippen LogP contribution in [0.5, 0.6) is 5.75 Å². The molecule has 2 rings (SSSR count). The molecule has 0 fully saturated rings. The second-order valence-corrected chi connectivity index (χ2v) is 6.06.